The average Bonchev–Trinajstić information content (AvgIpc) is 2.04. The predicted octanol–water partition coefficient (Wildman–Crippen LogP) is 1.39. The minimum absolute atomic E-state index is 0.462. The molecule has 0 unspecified atom stereocenters. The van der Waals surface area contributed by atoms with Crippen LogP contribution in [0.1, 0.15) is 6.92 Å². The molecular formula is C7H11O3P. The molecule has 0 spiro atoms. The van der Waals surface area contributed by atoms with Crippen LogP contribution in [-0.2, 0) is 9.36 Å². The second kappa shape index (κ2) is 2.49. The largest absolute Gasteiger partial charge is 0.480 e. The number of allylic oxidation sites excluding steroid dienone is 1. The van der Waals surface area contributed by atoms with E-state index in [-0.39, 0.29) is 0 Å². The molecule has 0 radical (unpaired) electrons. The molecule has 1 heterocycles. The van der Waals surface area contributed by atoms with Gasteiger partial charge >= 0.3 is 5.97 Å². The highest BCUT2D eigenvalue weighted by molar-refractivity contribution is 7.65. The lowest BCUT2D eigenvalue weighted by Gasteiger charge is -2.09. The Labute approximate surface area is 65.5 Å². The standard InChI is InChI=1S/C7H11O3P/c1-5-3-6(7(8)9)11(2,10)4-5/h3,6H,4H2,1-2H3,(H,8,9)/t6-,11-/m1/s1. The van der Waals surface area contributed by atoms with E-state index in [9.17, 15) is 9.36 Å². The molecule has 0 aromatic rings. The fourth-order valence-electron chi connectivity index (χ4n) is 1.38. The number of carboxylic acid groups (broad SMARTS) is 1. The van der Waals surface area contributed by atoms with E-state index in [0.29, 0.717) is 6.16 Å². The second-order valence-electron chi connectivity index (χ2n) is 3.13. The SMILES string of the molecule is CC1=C[C@H](C(=O)O)[P@](C)(=O)C1. The van der Waals surface area contributed by atoms with Gasteiger partial charge in [0, 0.05) is 6.16 Å². The maximum atomic E-state index is 11.6. The van der Waals surface area contributed by atoms with Crippen molar-refractivity contribution in [1.29, 1.82) is 0 Å². The highest BCUT2D eigenvalue weighted by Crippen LogP contribution is 2.53. The molecule has 0 saturated heterocycles. The third kappa shape index (κ3) is 1.54. The molecule has 1 aliphatic heterocycles. The molecule has 0 saturated carbocycles. The van der Waals surface area contributed by atoms with Crippen LogP contribution in [0.5, 0.6) is 0 Å². The Morgan fingerprint density at radius 3 is 2.55 bits per heavy atom. The van der Waals surface area contributed by atoms with Crippen LogP contribution in [0, 0.1) is 0 Å². The number of carbonyl (C=O) groups is 1. The van der Waals surface area contributed by atoms with Gasteiger partial charge in [-0.15, -0.1) is 0 Å². The Hall–Kier alpha value is -0.560. The number of hydrogen-bond donors (Lipinski definition) is 1. The van der Waals surface area contributed by atoms with Crippen LogP contribution in [0.2, 0.25) is 0 Å². The molecule has 0 fully saturated rings. The Bertz CT molecular complexity index is 267. The summed E-state index contributed by atoms with van der Waals surface area (Å²) in [5.74, 6) is -0.965. The third-order valence-electron chi connectivity index (χ3n) is 1.85. The lowest BCUT2D eigenvalue weighted by atomic mass is 10.3. The van der Waals surface area contributed by atoms with E-state index in [1.807, 2.05) is 6.92 Å². The number of hydrogen-bond acceptors (Lipinski definition) is 2. The van der Waals surface area contributed by atoms with Gasteiger partial charge in [-0.2, -0.15) is 0 Å². The number of rotatable bonds is 1. The minimum Gasteiger partial charge on any atom is -0.480 e. The molecule has 0 bridgehead atoms. The van der Waals surface area contributed by atoms with Crippen molar-refractivity contribution in [2.75, 3.05) is 12.8 Å². The fourth-order valence-corrected chi connectivity index (χ4v) is 3.71. The van der Waals surface area contributed by atoms with E-state index in [4.69, 9.17) is 5.11 Å². The van der Waals surface area contributed by atoms with Crippen LogP contribution < -0.4 is 0 Å². The minimum atomic E-state index is -2.46. The molecule has 0 amide bonds. The normalized spacial score (nSPS) is 36.9. The Morgan fingerprint density at radius 2 is 2.36 bits per heavy atom. The van der Waals surface area contributed by atoms with Gasteiger partial charge in [0.05, 0.1) is 0 Å². The molecule has 2 atom stereocenters. The van der Waals surface area contributed by atoms with Gasteiger partial charge in [-0.1, -0.05) is 11.6 Å². The van der Waals surface area contributed by atoms with Crippen molar-refractivity contribution in [2.45, 2.75) is 12.6 Å². The van der Waals surface area contributed by atoms with Gasteiger partial charge in [-0.05, 0) is 13.6 Å². The lowest BCUT2D eigenvalue weighted by Crippen LogP contribution is -2.14. The summed E-state index contributed by atoms with van der Waals surface area (Å²) >= 11 is 0. The summed E-state index contributed by atoms with van der Waals surface area (Å²) in [5, 5.41) is 8.65. The van der Waals surface area contributed by atoms with E-state index in [2.05, 4.69) is 0 Å². The Morgan fingerprint density at radius 1 is 1.82 bits per heavy atom. The van der Waals surface area contributed by atoms with Gasteiger partial charge < -0.3 is 9.67 Å². The van der Waals surface area contributed by atoms with Gasteiger partial charge in [-0.25, -0.2) is 0 Å². The van der Waals surface area contributed by atoms with Crippen molar-refractivity contribution < 1.29 is 14.5 Å². The average molecular weight is 174 g/mol. The van der Waals surface area contributed by atoms with Crippen LogP contribution in [0.4, 0.5) is 0 Å². The Kier molecular flexibility index (Phi) is 1.93. The molecule has 0 aromatic heterocycles. The summed E-state index contributed by atoms with van der Waals surface area (Å²) in [6.45, 7) is 3.37. The summed E-state index contributed by atoms with van der Waals surface area (Å²) in [7, 11) is -2.46. The molecule has 3 nitrogen and oxygen atoms in total. The summed E-state index contributed by atoms with van der Waals surface area (Å²) in [5.41, 5.74) is 0.200. The summed E-state index contributed by atoms with van der Waals surface area (Å²) in [6.07, 6.45) is 2.06. The van der Waals surface area contributed by atoms with Crippen molar-refractivity contribution in [3.63, 3.8) is 0 Å². The van der Waals surface area contributed by atoms with Crippen molar-refractivity contribution in [3.8, 4) is 0 Å². The summed E-state index contributed by atoms with van der Waals surface area (Å²) in [4.78, 5) is 10.5. The quantitative estimate of drug-likeness (QED) is 0.482. The molecule has 11 heavy (non-hydrogen) atoms. The van der Waals surface area contributed by atoms with Crippen LogP contribution in [0.25, 0.3) is 0 Å². The van der Waals surface area contributed by atoms with E-state index in [0.717, 1.165) is 5.57 Å². The molecule has 62 valence electrons. The molecular weight excluding hydrogens is 163 g/mol. The van der Waals surface area contributed by atoms with E-state index < -0.39 is 18.8 Å². The van der Waals surface area contributed by atoms with Crippen LogP contribution in [0.3, 0.4) is 0 Å². The molecule has 1 N–H and O–H groups in total. The molecule has 1 aliphatic rings. The van der Waals surface area contributed by atoms with Gasteiger partial charge in [0.15, 0.2) is 0 Å². The summed E-state index contributed by atoms with van der Waals surface area (Å²) in [6, 6.07) is 0. The molecule has 0 aliphatic carbocycles. The fraction of sp³-hybridized carbons (Fsp3) is 0.571. The second-order valence-corrected chi connectivity index (χ2v) is 6.35. The predicted molar refractivity (Wildman–Crippen MR) is 43.6 cm³/mol. The van der Waals surface area contributed by atoms with Crippen molar-refractivity contribution in [1.82, 2.24) is 0 Å². The maximum Gasteiger partial charge on any atom is 0.317 e. The molecule has 4 heteroatoms. The van der Waals surface area contributed by atoms with Crippen LogP contribution >= 0.6 is 7.14 Å². The van der Waals surface area contributed by atoms with Gasteiger partial charge in [0.25, 0.3) is 0 Å². The molecule has 0 aromatic carbocycles. The van der Waals surface area contributed by atoms with Crippen LogP contribution in [-0.4, -0.2) is 29.6 Å². The van der Waals surface area contributed by atoms with E-state index in [1.165, 1.54) is 0 Å². The first-order valence-electron chi connectivity index (χ1n) is 3.40. The zero-order chi connectivity index (χ0) is 8.65. The van der Waals surface area contributed by atoms with E-state index in [1.54, 1.807) is 12.7 Å². The smallest absolute Gasteiger partial charge is 0.317 e. The zero-order valence-corrected chi connectivity index (χ0v) is 7.47. The molecule has 1 rings (SSSR count). The first-order chi connectivity index (χ1) is 4.93. The number of carboxylic acids is 1. The Balaban J connectivity index is 2.96. The monoisotopic (exact) mass is 174 g/mol. The highest BCUT2D eigenvalue weighted by Gasteiger charge is 2.37. The number of aliphatic carboxylic acids is 1. The van der Waals surface area contributed by atoms with Gasteiger partial charge in [0.1, 0.15) is 12.8 Å². The topological polar surface area (TPSA) is 54.4 Å². The first kappa shape index (κ1) is 8.54. The zero-order valence-electron chi connectivity index (χ0n) is 6.57. The maximum absolute atomic E-state index is 11.6. The third-order valence-corrected chi connectivity index (χ3v) is 4.52. The van der Waals surface area contributed by atoms with Gasteiger partial charge in [-0.3, -0.25) is 4.79 Å². The van der Waals surface area contributed by atoms with Crippen molar-refractivity contribution >= 4 is 13.1 Å². The van der Waals surface area contributed by atoms with E-state index >= 15 is 0 Å². The van der Waals surface area contributed by atoms with Gasteiger partial charge in [0.2, 0.25) is 0 Å². The van der Waals surface area contributed by atoms with Crippen molar-refractivity contribution in [3.05, 3.63) is 11.6 Å². The van der Waals surface area contributed by atoms with Crippen LogP contribution in [0.15, 0.2) is 11.6 Å². The summed E-state index contributed by atoms with van der Waals surface area (Å²) < 4.78 is 11.6. The lowest BCUT2D eigenvalue weighted by molar-refractivity contribution is -0.135. The highest BCUT2D eigenvalue weighted by atomic mass is 31.2. The first-order valence-corrected chi connectivity index (χ1v) is 5.80. The van der Waals surface area contributed by atoms with Crippen molar-refractivity contribution in [2.24, 2.45) is 0 Å².